The predicted molar refractivity (Wildman–Crippen MR) is 158 cm³/mol. The summed E-state index contributed by atoms with van der Waals surface area (Å²) in [7, 11) is -1.44. The van der Waals surface area contributed by atoms with Gasteiger partial charge in [-0.25, -0.2) is 0 Å². The number of para-hydroxylation sites is 2. The van der Waals surface area contributed by atoms with Crippen LogP contribution in [-0.2, 0) is 0 Å². The summed E-state index contributed by atoms with van der Waals surface area (Å²) in [4.78, 5) is 4.50. The van der Waals surface area contributed by atoms with Crippen molar-refractivity contribution in [3.05, 3.63) is 138 Å². The van der Waals surface area contributed by atoms with Gasteiger partial charge < -0.3 is 4.57 Å². The Hall–Kier alpha value is -3.40. The molecule has 4 aromatic carbocycles. The number of hydrogen-bond acceptors (Lipinski definition) is 1. The zero-order valence-electron chi connectivity index (χ0n) is 20.0. The van der Waals surface area contributed by atoms with Gasteiger partial charge in [0.1, 0.15) is 0 Å². The second kappa shape index (κ2) is 8.92. The molecule has 1 aliphatic carbocycles. The van der Waals surface area contributed by atoms with E-state index in [1.165, 1.54) is 37.3 Å². The Morgan fingerprint density at radius 1 is 0.722 bits per heavy atom. The zero-order chi connectivity index (χ0) is 24.0. The third-order valence-corrected chi connectivity index (χ3v) is 13.3. The summed E-state index contributed by atoms with van der Waals surface area (Å²) in [5.41, 5.74) is 3.73. The summed E-state index contributed by atoms with van der Waals surface area (Å²) < 4.78 is 2.87. The van der Waals surface area contributed by atoms with Crippen molar-refractivity contribution in [2.45, 2.75) is 27.2 Å². The Morgan fingerprint density at radius 2 is 1.44 bits per heavy atom. The molecule has 3 heteroatoms. The standard InChI is InChI=1S/C33H27NS2/c1-4-12-25(13-5-1)34-31-19-11-10-18-29(31)30-24-28(20-21-32(30)34)36(33-22-23-35-33,26-14-6-2-7-15-26)27-16-8-3-9-17-27/h1-8,10-16,18-24,33H,9,17H2. The number of allylic oxidation sites excluding steroid dienone is 4. The molecule has 0 bridgehead atoms. The lowest BCUT2D eigenvalue weighted by molar-refractivity contribution is 1.01. The van der Waals surface area contributed by atoms with Gasteiger partial charge in [-0.05, 0) is 81.5 Å². The van der Waals surface area contributed by atoms with Gasteiger partial charge in [0, 0.05) is 16.5 Å². The first-order chi connectivity index (χ1) is 17.9. The molecule has 0 saturated carbocycles. The molecule has 176 valence electrons. The molecule has 7 rings (SSSR count). The first kappa shape index (κ1) is 21.8. The number of hydrogen-bond donors (Lipinski definition) is 0. The Balaban J connectivity index is 1.55. The van der Waals surface area contributed by atoms with E-state index >= 15 is 0 Å². The Morgan fingerprint density at radius 3 is 2.17 bits per heavy atom. The van der Waals surface area contributed by atoms with E-state index in [0.717, 1.165) is 12.8 Å². The van der Waals surface area contributed by atoms with Gasteiger partial charge in [-0.2, -0.15) is 0 Å². The topological polar surface area (TPSA) is 4.93 Å². The van der Waals surface area contributed by atoms with Crippen LogP contribution >= 0.6 is 21.8 Å². The molecular formula is C33H27NS2. The van der Waals surface area contributed by atoms with Gasteiger partial charge in [0.15, 0.2) is 0 Å². The number of nitrogens with zero attached hydrogens (tertiary/aromatic N) is 1. The number of aromatic nitrogens is 1. The Kier molecular flexibility index (Phi) is 5.41. The van der Waals surface area contributed by atoms with Gasteiger partial charge >= 0.3 is 0 Å². The number of rotatable bonds is 5. The Labute approximate surface area is 218 Å². The number of fused-ring (bicyclic) bond motifs is 3. The fourth-order valence-corrected chi connectivity index (χ4v) is 11.9. The van der Waals surface area contributed by atoms with Crippen LogP contribution in [0.5, 0.6) is 0 Å². The van der Waals surface area contributed by atoms with Crippen molar-refractivity contribution >= 4 is 43.6 Å². The summed E-state index contributed by atoms with van der Waals surface area (Å²) in [5.74, 6) is 0. The molecule has 0 N–H and O–H groups in total. The van der Waals surface area contributed by atoms with Crippen molar-refractivity contribution in [3.8, 4) is 5.69 Å². The molecule has 2 unspecified atom stereocenters. The first-order valence-electron chi connectivity index (χ1n) is 12.5. The van der Waals surface area contributed by atoms with Crippen molar-refractivity contribution in [2.75, 3.05) is 0 Å². The highest BCUT2D eigenvalue weighted by atomic mass is 32.3. The summed E-state index contributed by atoms with van der Waals surface area (Å²) in [6.07, 6.45) is 11.7. The summed E-state index contributed by atoms with van der Waals surface area (Å²) in [6.45, 7) is 0. The third-order valence-electron chi connectivity index (χ3n) is 7.33. The largest absolute Gasteiger partial charge is 0.309 e. The minimum absolute atomic E-state index is 0.456. The fraction of sp³-hybridized carbons (Fsp3) is 0.0909. The third kappa shape index (κ3) is 3.27. The molecular weight excluding hydrogens is 475 g/mol. The average molecular weight is 502 g/mol. The Bertz CT molecular complexity index is 1660. The lowest BCUT2D eigenvalue weighted by atomic mass is 10.1. The molecule has 1 nitrogen and oxygen atoms in total. The molecule has 1 aromatic heterocycles. The van der Waals surface area contributed by atoms with Crippen molar-refractivity contribution < 1.29 is 0 Å². The summed E-state index contributed by atoms with van der Waals surface area (Å²) in [5, 5.41) is 4.92. The fourth-order valence-electron chi connectivity index (χ4n) is 5.69. The molecule has 1 aliphatic heterocycles. The molecule has 36 heavy (non-hydrogen) atoms. The van der Waals surface area contributed by atoms with Crippen LogP contribution in [0.4, 0.5) is 0 Å². The van der Waals surface area contributed by atoms with E-state index < -0.39 is 10.0 Å². The number of benzene rings is 4. The van der Waals surface area contributed by atoms with Crippen LogP contribution in [0.25, 0.3) is 27.5 Å². The molecule has 0 saturated heterocycles. The van der Waals surface area contributed by atoms with E-state index in [2.05, 4.69) is 137 Å². The molecule has 2 atom stereocenters. The van der Waals surface area contributed by atoms with Crippen molar-refractivity contribution in [3.63, 3.8) is 0 Å². The average Bonchev–Trinajstić information content (AvgIpc) is 3.26. The summed E-state index contributed by atoms with van der Waals surface area (Å²) >= 11 is 1.99. The van der Waals surface area contributed by atoms with Crippen LogP contribution in [-0.4, -0.2) is 9.15 Å². The quantitative estimate of drug-likeness (QED) is 0.232. The maximum absolute atomic E-state index is 2.52. The maximum atomic E-state index is 2.52. The van der Waals surface area contributed by atoms with Gasteiger partial charge in [0.2, 0.25) is 0 Å². The van der Waals surface area contributed by atoms with E-state index in [1.54, 1.807) is 4.91 Å². The van der Waals surface area contributed by atoms with Gasteiger partial charge in [-0.15, -0.1) is 21.8 Å². The van der Waals surface area contributed by atoms with Crippen molar-refractivity contribution in [1.82, 2.24) is 4.57 Å². The smallest absolute Gasteiger partial charge is 0.0689 e. The van der Waals surface area contributed by atoms with Crippen LogP contribution in [0, 0.1) is 0 Å². The predicted octanol–water partition coefficient (Wildman–Crippen LogP) is 9.83. The van der Waals surface area contributed by atoms with E-state index in [0.29, 0.717) is 4.58 Å². The highest BCUT2D eigenvalue weighted by Gasteiger charge is 2.41. The molecule has 0 fully saturated rings. The van der Waals surface area contributed by atoms with Crippen LogP contribution in [0.2, 0.25) is 0 Å². The van der Waals surface area contributed by atoms with E-state index in [4.69, 9.17) is 0 Å². The zero-order valence-corrected chi connectivity index (χ0v) is 21.6. The molecule has 2 heterocycles. The van der Waals surface area contributed by atoms with Crippen LogP contribution < -0.4 is 0 Å². The van der Waals surface area contributed by atoms with E-state index in [9.17, 15) is 0 Å². The SMILES string of the molecule is C1=CCCC(S(c2ccccc2)(c2ccc3c(c2)c2ccccc2n3-c2ccccc2)C2C=CS2)=C1. The van der Waals surface area contributed by atoms with Gasteiger partial charge in [-0.1, -0.05) is 78.9 Å². The van der Waals surface area contributed by atoms with Crippen molar-refractivity contribution in [1.29, 1.82) is 0 Å². The minimum atomic E-state index is -1.44. The lowest BCUT2D eigenvalue weighted by Gasteiger charge is -2.50. The van der Waals surface area contributed by atoms with Gasteiger partial charge in [0.25, 0.3) is 0 Å². The van der Waals surface area contributed by atoms with Gasteiger partial charge in [0.05, 0.1) is 15.6 Å². The lowest BCUT2D eigenvalue weighted by Crippen LogP contribution is -2.20. The molecule has 0 radical (unpaired) electrons. The monoisotopic (exact) mass is 501 g/mol. The van der Waals surface area contributed by atoms with Crippen LogP contribution in [0.15, 0.2) is 148 Å². The highest BCUT2D eigenvalue weighted by Crippen LogP contribution is 2.76. The van der Waals surface area contributed by atoms with E-state index in [-0.39, 0.29) is 0 Å². The number of thioether (sulfide) groups is 1. The van der Waals surface area contributed by atoms with E-state index in [1.807, 2.05) is 11.8 Å². The maximum Gasteiger partial charge on any atom is 0.0689 e. The van der Waals surface area contributed by atoms with Crippen LogP contribution in [0.1, 0.15) is 12.8 Å². The normalized spacial score (nSPS) is 19.6. The summed E-state index contributed by atoms with van der Waals surface area (Å²) in [6, 6.07) is 38.2. The minimum Gasteiger partial charge on any atom is -0.309 e. The van der Waals surface area contributed by atoms with Gasteiger partial charge in [-0.3, -0.25) is 0 Å². The second-order valence-electron chi connectivity index (χ2n) is 9.27. The van der Waals surface area contributed by atoms with Crippen LogP contribution in [0.3, 0.4) is 0 Å². The molecule has 2 aliphatic rings. The second-order valence-corrected chi connectivity index (χ2v) is 13.9. The van der Waals surface area contributed by atoms with Crippen molar-refractivity contribution in [2.24, 2.45) is 0 Å². The molecule has 5 aromatic rings. The first-order valence-corrected chi connectivity index (χ1v) is 15.1. The highest BCUT2D eigenvalue weighted by molar-refractivity contribution is 8.44. The molecule has 0 amide bonds. The molecule has 0 spiro atoms.